The van der Waals surface area contributed by atoms with E-state index in [1.165, 1.54) is 0 Å². The van der Waals surface area contributed by atoms with Gasteiger partial charge in [0, 0.05) is 28.1 Å². The Morgan fingerprint density at radius 1 is 0.889 bits per heavy atom. The second-order valence-electron chi connectivity index (χ2n) is 3.63. The highest BCUT2D eigenvalue weighted by atomic mass is 35.5. The Morgan fingerprint density at radius 2 is 1.61 bits per heavy atom. The highest BCUT2D eigenvalue weighted by molar-refractivity contribution is 7.99. The minimum absolute atomic E-state index is 0.435. The quantitative estimate of drug-likeness (QED) is 0.711. The molecule has 0 aliphatic rings. The van der Waals surface area contributed by atoms with E-state index in [4.69, 9.17) is 11.6 Å². The summed E-state index contributed by atoms with van der Waals surface area (Å²) in [6.45, 7) is 0. The molecular weight excluding hydrogens is 266 g/mol. The zero-order valence-electron chi connectivity index (χ0n) is 9.25. The second-order valence-corrected chi connectivity index (χ2v) is 5.05. The van der Waals surface area contributed by atoms with Crippen molar-refractivity contribution in [3.05, 3.63) is 53.9 Å². The lowest BCUT2D eigenvalue weighted by atomic mass is 10.2. The zero-order chi connectivity index (χ0) is 12.4. The fourth-order valence-corrected chi connectivity index (χ4v) is 2.69. The first-order chi connectivity index (χ1) is 8.84. The molecule has 3 rings (SSSR count). The third kappa shape index (κ3) is 2.17. The normalized spacial score (nSPS) is 10.7. The lowest BCUT2D eigenvalue weighted by molar-refractivity contribution is 0.956. The summed E-state index contributed by atoms with van der Waals surface area (Å²) in [5.41, 5.74) is 0. The predicted octanol–water partition coefficient (Wildman–Crippen LogP) is 3.83. The van der Waals surface area contributed by atoms with E-state index in [2.05, 4.69) is 15.2 Å². The molecule has 0 saturated carbocycles. The van der Waals surface area contributed by atoms with Crippen LogP contribution < -0.4 is 0 Å². The van der Waals surface area contributed by atoms with Gasteiger partial charge in [0.15, 0.2) is 5.15 Å². The predicted molar refractivity (Wildman–Crippen MR) is 72.9 cm³/mol. The number of hydrogen-bond acceptors (Lipinski definition) is 4. The SMILES string of the molecule is Clc1nnc(Sc2ccncc2)c2ccccc12. The van der Waals surface area contributed by atoms with Crippen molar-refractivity contribution in [1.29, 1.82) is 0 Å². The van der Waals surface area contributed by atoms with Crippen molar-refractivity contribution >= 4 is 34.1 Å². The molecule has 0 fully saturated rings. The number of nitrogens with zero attached hydrogens (tertiary/aromatic N) is 3. The van der Waals surface area contributed by atoms with Crippen LogP contribution in [-0.4, -0.2) is 15.2 Å². The summed E-state index contributed by atoms with van der Waals surface area (Å²) in [5, 5.41) is 11.4. The van der Waals surface area contributed by atoms with Gasteiger partial charge in [-0.15, -0.1) is 10.2 Å². The molecule has 0 saturated heterocycles. The van der Waals surface area contributed by atoms with Gasteiger partial charge in [-0.2, -0.15) is 0 Å². The minimum atomic E-state index is 0.435. The summed E-state index contributed by atoms with van der Waals surface area (Å²) >= 11 is 7.59. The summed E-state index contributed by atoms with van der Waals surface area (Å²) in [7, 11) is 0. The molecule has 2 aromatic heterocycles. The highest BCUT2D eigenvalue weighted by Gasteiger charge is 2.08. The van der Waals surface area contributed by atoms with Crippen molar-refractivity contribution in [2.24, 2.45) is 0 Å². The molecule has 0 bridgehead atoms. The first kappa shape index (κ1) is 11.4. The third-order valence-corrected chi connectivity index (χ3v) is 3.75. The van der Waals surface area contributed by atoms with E-state index in [0.29, 0.717) is 5.15 Å². The summed E-state index contributed by atoms with van der Waals surface area (Å²) in [5.74, 6) is 0. The number of rotatable bonds is 2. The van der Waals surface area contributed by atoms with E-state index in [0.717, 1.165) is 20.7 Å². The Hall–Kier alpha value is -1.65. The molecule has 5 heteroatoms. The van der Waals surface area contributed by atoms with Crippen molar-refractivity contribution in [3.63, 3.8) is 0 Å². The Labute approximate surface area is 113 Å². The molecule has 0 aliphatic heterocycles. The van der Waals surface area contributed by atoms with Crippen LogP contribution in [-0.2, 0) is 0 Å². The molecule has 18 heavy (non-hydrogen) atoms. The second kappa shape index (κ2) is 4.92. The van der Waals surface area contributed by atoms with Crippen LogP contribution in [0.5, 0.6) is 0 Å². The Bertz CT molecular complexity index is 688. The van der Waals surface area contributed by atoms with Crippen LogP contribution >= 0.6 is 23.4 Å². The topological polar surface area (TPSA) is 38.7 Å². The number of fused-ring (bicyclic) bond motifs is 1. The van der Waals surface area contributed by atoms with E-state index in [-0.39, 0.29) is 0 Å². The van der Waals surface area contributed by atoms with E-state index >= 15 is 0 Å². The summed E-state index contributed by atoms with van der Waals surface area (Å²) in [6, 6.07) is 11.7. The Kier molecular flexibility index (Phi) is 3.13. The smallest absolute Gasteiger partial charge is 0.159 e. The number of hydrogen-bond donors (Lipinski definition) is 0. The first-order valence-corrected chi connectivity index (χ1v) is 6.53. The molecule has 0 aliphatic carbocycles. The molecule has 88 valence electrons. The van der Waals surface area contributed by atoms with Gasteiger partial charge >= 0.3 is 0 Å². The molecule has 0 amide bonds. The Morgan fingerprint density at radius 3 is 2.39 bits per heavy atom. The van der Waals surface area contributed by atoms with Crippen molar-refractivity contribution in [2.75, 3.05) is 0 Å². The molecule has 0 radical (unpaired) electrons. The lowest BCUT2D eigenvalue weighted by Gasteiger charge is -2.05. The van der Waals surface area contributed by atoms with Crippen LogP contribution in [0.4, 0.5) is 0 Å². The first-order valence-electron chi connectivity index (χ1n) is 5.33. The van der Waals surface area contributed by atoms with Crippen molar-refractivity contribution < 1.29 is 0 Å². The van der Waals surface area contributed by atoms with Gasteiger partial charge in [-0.1, -0.05) is 47.6 Å². The molecule has 3 nitrogen and oxygen atoms in total. The highest BCUT2D eigenvalue weighted by Crippen LogP contribution is 2.32. The van der Waals surface area contributed by atoms with E-state index in [1.807, 2.05) is 36.4 Å². The number of benzene rings is 1. The van der Waals surface area contributed by atoms with Crippen LogP contribution in [0.1, 0.15) is 0 Å². The summed E-state index contributed by atoms with van der Waals surface area (Å²) < 4.78 is 0. The standard InChI is InChI=1S/C13H8ClN3S/c14-12-10-3-1-2-4-11(10)13(17-16-12)18-9-5-7-15-8-6-9/h1-8H. The van der Waals surface area contributed by atoms with Crippen LogP contribution in [0, 0.1) is 0 Å². The number of pyridine rings is 1. The monoisotopic (exact) mass is 273 g/mol. The van der Waals surface area contributed by atoms with Crippen LogP contribution in [0.25, 0.3) is 10.8 Å². The maximum atomic E-state index is 6.04. The van der Waals surface area contributed by atoms with Crippen LogP contribution in [0.15, 0.2) is 58.7 Å². The number of halogens is 1. The molecule has 0 spiro atoms. The van der Waals surface area contributed by atoms with Gasteiger partial charge in [-0.05, 0) is 12.1 Å². The van der Waals surface area contributed by atoms with Gasteiger partial charge in [0.25, 0.3) is 0 Å². The fraction of sp³-hybridized carbons (Fsp3) is 0. The zero-order valence-corrected chi connectivity index (χ0v) is 10.8. The van der Waals surface area contributed by atoms with Crippen molar-refractivity contribution in [3.8, 4) is 0 Å². The maximum Gasteiger partial charge on any atom is 0.159 e. The van der Waals surface area contributed by atoms with Gasteiger partial charge in [-0.3, -0.25) is 4.98 Å². The van der Waals surface area contributed by atoms with Gasteiger partial charge in [0.1, 0.15) is 5.03 Å². The lowest BCUT2D eigenvalue weighted by Crippen LogP contribution is -1.89. The molecular formula is C13H8ClN3S. The van der Waals surface area contributed by atoms with Gasteiger partial charge in [0.2, 0.25) is 0 Å². The molecule has 0 atom stereocenters. The largest absolute Gasteiger partial charge is 0.265 e. The third-order valence-electron chi connectivity index (χ3n) is 2.47. The number of aromatic nitrogens is 3. The molecule has 2 heterocycles. The molecule has 1 aromatic carbocycles. The van der Waals surface area contributed by atoms with Crippen molar-refractivity contribution in [2.45, 2.75) is 9.92 Å². The summed E-state index contributed by atoms with van der Waals surface area (Å²) in [4.78, 5) is 5.07. The van der Waals surface area contributed by atoms with E-state index in [9.17, 15) is 0 Å². The molecule has 3 aromatic rings. The maximum absolute atomic E-state index is 6.04. The van der Waals surface area contributed by atoms with Gasteiger partial charge in [0.05, 0.1) is 0 Å². The molecule has 0 unspecified atom stereocenters. The van der Waals surface area contributed by atoms with Crippen molar-refractivity contribution in [1.82, 2.24) is 15.2 Å². The molecule has 0 N–H and O–H groups in total. The minimum Gasteiger partial charge on any atom is -0.265 e. The summed E-state index contributed by atoms with van der Waals surface area (Å²) in [6.07, 6.45) is 3.52. The van der Waals surface area contributed by atoms with Gasteiger partial charge < -0.3 is 0 Å². The van der Waals surface area contributed by atoms with Crippen LogP contribution in [0.3, 0.4) is 0 Å². The average Bonchev–Trinajstić information content (AvgIpc) is 2.44. The van der Waals surface area contributed by atoms with E-state index < -0.39 is 0 Å². The Balaban J connectivity index is 2.10. The fourth-order valence-electron chi connectivity index (χ4n) is 1.64. The van der Waals surface area contributed by atoms with E-state index in [1.54, 1.807) is 24.2 Å². The van der Waals surface area contributed by atoms with Gasteiger partial charge in [-0.25, -0.2) is 0 Å². The van der Waals surface area contributed by atoms with Crippen LogP contribution in [0.2, 0.25) is 5.15 Å². The average molecular weight is 274 g/mol.